The van der Waals surface area contributed by atoms with Gasteiger partial charge in [0.1, 0.15) is 0 Å². The fourth-order valence-corrected chi connectivity index (χ4v) is 2.68. The summed E-state index contributed by atoms with van der Waals surface area (Å²) in [7, 11) is 0. The predicted molar refractivity (Wildman–Crippen MR) is 74.2 cm³/mol. The Morgan fingerprint density at radius 3 is 2.68 bits per heavy atom. The van der Waals surface area contributed by atoms with E-state index in [-0.39, 0.29) is 0 Å². The SMILES string of the molecule is c1ccc(-n2cc3c(n2)CCc2ccccc2-3)nc1. The summed E-state index contributed by atoms with van der Waals surface area (Å²) in [6, 6.07) is 14.5. The largest absolute Gasteiger partial charge is 0.237 e. The lowest BCUT2D eigenvalue weighted by Crippen LogP contribution is -2.03. The molecule has 1 aliphatic carbocycles. The van der Waals surface area contributed by atoms with Gasteiger partial charge < -0.3 is 0 Å². The quantitative estimate of drug-likeness (QED) is 0.661. The Kier molecular flexibility index (Phi) is 2.24. The topological polar surface area (TPSA) is 30.7 Å². The fraction of sp³-hybridized carbons (Fsp3) is 0.125. The van der Waals surface area contributed by atoms with Crippen molar-refractivity contribution < 1.29 is 0 Å². The van der Waals surface area contributed by atoms with E-state index in [1.54, 1.807) is 6.20 Å². The van der Waals surface area contributed by atoms with Crippen molar-refractivity contribution in [1.29, 1.82) is 0 Å². The van der Waals surface area contributed by atoms with E-state index in [0.29, 0.717) is 0 Å². The zero-order valence-corrected chi connectivity index (χ0v) is 10.5. The van der Waals surface area contributed by atoms with Gasteiger partial charge in [0.05, 0.1) is 5.69 Å². The first-order valence-corrected chi connectivity index (χ1v) is 6.50. The van der Waals surface area contributed by atoms with Crippen molar-refractivity contribution >= 4 is 0 Å². The molecule has 3 nitrogen and oxygen atoms in total. The van der Waals surface area contributed by atoms with Crippen LogP contribution in [-0.4, -0.2) is 14.8 Å². The number of nitrogens with zero attached hydrogens (tertiary/aromatic N) is 3. The van der Waals surface area contributed by atoms with Crippen LogP contribution in [0.1, 0.15) is 11.3 Å². The summed E-state index contributed by atoms with van der Waals surface area (Å²) in [6.07, 6.45) is 5.97. The summed E-state index contributed by atoms with van der Waals surface area (Å²) in [5, 5.41) is 4.67. The molecule has 0 radical (unpaired) electrons. The van der Waals surface area contributed by atoms with Gasteiger partial charge in [-0.1, -0.05) is 30.3 Å². The molecule has 0 spiro atoms. The van der Waals surface area contributed by atoms with E-state index in [4.69, 9.17) is 0 Å². The van der Waals surface area contributed by atoms with Crippen LogP contribution in [0.3, 0.4) is 0 Å². The average molecular weight is 247 g/mol. The Bertz CT molecular complexity index is 729. The van der Waals surface area contributed by atoms with Crippen molar-refractivity contribution in [2.75, 3.05) is 0 Å². The maximum Gasteiger partial charge on any atom is 0.153 e. The lowest BCUT2D eigenvalue weighted by molar-refractivity contribution is 0.797. The summed E-state index contributed by atoms with van der Waals surface area (Å²) in [5.41, 5.74) is 5.14. The minimum atomic E-state index is 0.870. The van der Waals surface area contributed by atoms with E-state index in [0.717, 1.165) is 18.7 Å². The smallest absolute Gasteiger partial charge is 0.153 e. The summed E-state index contributed by atoms with van der Waals surface area (Å²) in [4.78, 5) is 4.35. The van der Waals surface area contributed by atoms with Gasteiger partial charge in [-0.25, -0.2) is 9.67 Å². The molecule has 0 saturated carbocycles. The molecule has 2 heterocycles. The number of pyridine rings is 1. The van der Waals surface area contributed by atoms with Gasteiger partial charge in [-0.3, -0.25) is 0 Å². The first kappa shape index (κ1) is 10.5. The molecule has 4 rings (SSSR count). The van der Waals surface area contributed by atoms with Crippen LogP contribution in [0.5, 0.6) is 0 Å². The van der Waals surface area contributed by atoms with Gasteiger partial charge in [0.25, 0.3) is 0 Å². The van der Waals surface area contributed by atoms with E-state index in [2.05, 4.69) is 40.5 Å². The summed E-state index contributed by atoms with van der Waals surface area (Å²) in [6.45, 7) is 0. The van der Waals surface area contributed by atoms with Crippen LogP contribution in [-0.2, 0) is 12.8 Å². The highest BCUT2D eigenvalue weighted by molar-refractivity contribution is 5.71. The number of rotatable bonds is 1. The van der Waals surface area contributed by atoms with Gasteiger partial charge in [0.15, 0.2) is 5.82 Å². The number of aryl methyl sites for hydroxylation is 2. The average Bonchev–Trinajstić information content (AvgIpc) is 2.93. The Balaban J connectivity index is 1.88. The molecule has 0 fully saturated rings. The normalized spacial score (nSPS) is 12.8. The molecule has 0 aliphatic heterocycles. The van der Waals surface area contributed by atoms with Crippen molar-refractivity contribution in [2.24, 2.45) is 0 Å². The van der Waals surface area contributed by atoms with Crippen LogP contribution in [0.15, 0.2) is 54.9 Å². The third-order valence-corrected chi connectivity index (χ3v) is 3.61. The maximum atomic E-state index is 4.67. The van der Waals surface area contributed by atoms with Crippen molar-refractivity contribution in [2.45, 2.75) is 12.8 Å². The highest BCUT2D eigenvalue weighted by atomic mass is 15.3. The zero-order valence-electron chi connectivity index (χ0n) is 10.5. The molecule has 3 heteroatoms. The molecule has 0 N–H and O–H groups in total. The van der Waals surface area contributed by atoms with Crippen LogP contribution in [0.25, 0.3) is 16.9 Å². The van der Waals surface area contributed by atoms with Crippen LogP contribution < -0.4 is 0 Å². The second-order valence-electron chi connectivity index (χ2n) is 4.78. The molecule has 2 aromatic heterocycles. The van der Waals surface area contributed by atoms with Crippen LogP contribution in [0.2, 0.25) is 0 Å². The zero-order chi connectivity index (χ0) is 12.7. The van der Waals surface area contributed by atoms with Crippen molar-refractivity contribution in [3.8, 4) is 16.9 Å². The summed E-state index contributed by atoms with van der Waals surface area (Å²) >= 11 is 0. The molecule has 1 aromatic carbocycles. The third-order valence-electron chi connectivity index (χ3n) is 3.61. The van der Waals surface area contributed by atoms with Crippen LogP contribution in [0, 0.1) is 0 Å². The predicted octanol–water partition coefficient (Wildman–Crippen LogP) is 3.03. The summed E-state index contributed by atoms with van der Waals surface area (Å²) < 4.78 is 1.88. The van der Waals surface area contributed by atoms with Gasteiger partial charge in [-0.15, -0.1) is 0 Å². The van der Waals surface area contributed by atoms with Crippen LogP contribution >= 0.6 is 0 Å². The second kappa shape index (κ2) is 4.05. The number of benzene rings is 1. The Labute approximate surface area is 111 Å². The molecule has 0 saturated heterocycles. The minimum absolute atomic E-state index is 0.870. The first-order chi connectivity index (χ1) is 9.42. The highest BCUT2D eigenvalue weighted by Gasteiger charge is 2.19. The monoisotopic (exact) mass is 247 g/mol. The molecule has 19 heavy (non-hydrogen) atoms. The Morgan fingerprint density at radius 2 is 1.79 bits per heavy atom. The van der Waals surface area contributed by atoms with E-state index in [9.17, 15) is 0 Å². The van der Waals surface area contributed by atoms with Gasteiger partial charge in [-0.05, 0) is 36.1 Å². The first-order valence-electron chi connectivity index (χ1n) is 6.50. The van der Waals surface area contributed by atoms with Crippen molar-refractivity contribution in [3.05, 3.63) is 66.1 Å². The van der Waals surface area contributed by atoms with Gasteiger partial charge in [-0.2, -0.15) is 5.10 Å². The second-order valence-corrected chi connectivity index (χ2v) is 4.78. The van der Waals surface area contributed by atoms with Gasteiger partial charge >= 0.3 is 0 Å². The minimum Gasteiger partial charge on any atom is -0.237 e. The van der Waals surface area contributed by atoms with Crippen LogP contribution in [0.4, 0.5) is 0 Å². The Hall–Kier alpha value is -2.42. The van der Waals surface area contributed by atoms with Gasteiger partial charge in [0, 0.05) is 18.0 Å². The van der Waals surface area contributed by atoms with E-state index in [1.807, 2.05) is 22.9 Å². The van der Waals surface area contributed by atoms with E-state index in [1.165, 1.54) is 22.4 Å². The lowest BCUT2D eigenvalue weighted by atomic mass is 9.90. The highest BCUT2D eigenvalue weighted by Crippen LogP contribution is 2.32. The molecule has 92 valence electrons. The molecular weight excluding hydrogens is 234 g/mol. The standard InChI is InChI=1S/C16H13N3/c1-2-6-13-12(5-1)8-9-15-14(13)11-19(18-15)16-7-3-4-10-17-16/h1-7,10-11H,8-9H2. The molecule has 0 bridgehead atoms. The van der Waals surface area contributed by atoms with E-state index < -0.39 is 0 Å². The number of hydrogen-bond acceptors (Lipinski definition) is 2. The molecule has 0 unspecified atom stereocenters. The maximum absolute atomic E-state index is 4.67. The Morgan fingerprint density at radius 1 is 0.895 bits per heavy atom. The van der Waals surface area contributed by atoms with Crippen molar-refractivity contribution in [3.63, 3.8) is 0 Å². The molecule has 0 amide bonds. The number of hydrogen-bond donors (Lipinski definition) is 0. The van der Waals surface area contributed by atoms with Gasteiger partial charge in [0.2, 0.25) is 0 Å². The lowest BCUT2D eigenvalue weighted by Gasteiger charge is -2.13. The molecule has 0 atom stereocenters. The summed E-state index contributed by atoms with van der Waals surface area (Å²) in [5.74, 6) is 0.870. The number of aromatic nitrogens is 3. The molecular formula is C16H13N3. The molecule has 1 aliphatic rings. The third kappa shape index (κ3) is 1.66. The number of fused-ring (bicyclic) bond motifs is 3. The van der Waals surface area contributed by atoms with Crippen molar-refractivity contribution in [1.82, 2.24) is 14.8 Å². The van der Waals surface area contributed by atoms with E-state index >= 15 is 0 Å². The molecule has 3 aromatic rings. The fourth-order valence-electron chi connectivity index (χ4n) is 2.68.